The molecule has 0 radical (unpaired) electrons. The molecule has 0 aliphatic rings. The first-order valence-corrected chi connectivity index (χ1v) is 5.77. The molecule has 0 aromatic carbocycles. The van der Waals surface area contributed by atoms with Gasteiger partial charge in [0, 0.05) is 13.0 Å². The summed E-state index contributed by atoms with van der Waals surface area (Å²) in [5.74, 6) is -0.782. The Balaban J connectivity index is 2.08. The molecule has 0 amide bonds. The number of aliphatic carboxylic acids is 1. The molecule has 15 heavy (non-hydrogen) atoms. The minimum atomic E-state index is -0.782. The Morgan fingerprint density at radius 1 is 1.60 bits per heavy atom. The highest BCUT2D eigenvalue weighted by atomic mass is 32.1. The topological polar surface area (TPSA) is 69.6 Å². The van der Waals surface area contributed by atoms with Crippen molar-refractivity contribution in [1.82, 2.24) is 5.32 Å². The summed E-state index contributed by atoms with van der Waals surface area (Å²) >= 11 is 1.55. The highest BCUT2D eigenvalue weighted by Crippen LogP contribution is 2.14. The van der Waals surface area contributed by atoms with Crippen molar-refractivity contribution in [3.05, 3.63) is 22.4 Å². The number of hydrogen-bond donors (Lipinski definition) is 3. The predicted molar refractivity (Wildman–Crippen MR) is 59.0 cm³/mol. The number of thiophene rings is 1. The van der Waals surface area contributed by atoms with Crippen molar-refractivity contribution < 1.29 is 15.0 Å². The van der Waals surface area contributed by atoms with Crippen LogP contribution in [0, 0.1) is 0 Å². The van der Waals surface area contributed by atoms with Crippen LogP contribution in [0.1, 0.15) is 24.5 Å². The SMILES string of the molecule is O=C(O)CCCNCC(O)c1ccsc1. The summed E-state index contributed by atoms with van der Waals surface area (Å²) in [6.45, 7) is 1.09. The van der Waals surface area contributed by atoms with Gasteiger partial charge < -0.3 is 15.5 Å². The zero-order valence-corrected chi connectivity index (χ0v) is 9.17. The van der Waals surface area contributed by atoms with E-state index in [9.17, 15) is 9.90 Å². The lowest BCUT2D eigenvalue weighted by Gasteiger charge is -2.09. The van der Waals surface area contributed by atoms with E-state index in [1.807, 2.05) is 16.8 Å². The highest BCUT2D eigenvalue weighted by molar-refractivity contribution is 7.07. The molecule has 0 saturated heterocycles. The van der Waals surface area contributed by atoms with Crippen molar-refractivity contribution in [1.29, 1.82) is 0 Å². The lowest BCUT2D eigenvalue weighted by atomic mass is 10.2. The van der Waals surface area contributed by atoms with Crippen LogP contribution in [-0.2, 0) is 4.79 Å². The van der Waals surface area contributed by atoms with Crippen molar-refractivity contribution in [3.8, 4) is 0 Å². The van der Waals surface area contributed by atoms with Crippen molar-refractivity contribution in [2.24, 2.45) is 0 Å². The summed E-state index contributed by atoms with van der Waals surface area (Å²) in [7, 11) is 0. The van der Waals surface area contributed by atoms with Gasteiger partial charge in [0.25, 0.3) is 0 Å². The summed E-state index contributed by atoms with van der Waals surface area (Å²) < 4.78 is 0. The number of hydrogen-bond acceptors (Lipinski definition) is 4. The fourth-order valence-electron chi connectivity index (χ4n) is 1.19. The molecule has 0 fully saturated rings. The maximum Gasteiger partial charge on any atom is 0.303 e. The zero-order chi connectivity index (χ0) is 11.1. The van der Waals surface area contributed by atoms with Crippen molar-refractivity contribution in [2.75, 3.05) is 13.1 Å². The second kappa shape index (κ2) is 6.55. The fourth-order valence-corrected chi connectivity index (χ4v) is 1.89. The molecule has 0 bridgehead atoms. The number of carboxylic acid groups (broad SMARTS) is 1. The van der Waals surface area contributed by atoms with Gasteiger partial charge >= 0.3 is 5.97 Å². The van der Waals surface area contributed by atoms with Gasteiger partial charge in [-0.1, -0.05) is 0 Å². The molecular weight excluding hydrogens is 214 g/mol. The molecule has 0 aliphatic heterocycles. The first kappa shape index (κ1) is 12.2. The molecule has 1 aromatic heterocycles. The summed E-state index contributed by atoms with van der Waals surface area (Å²) in [6, 6.07) is 1.88. The van der Waals surface area contributed by atoms with Crippen LogP contribution < -0.4 is 5.32 Å². The zero-order valence-electron chi connectivity index (χ0n) is 8.35. The minimum absolute atomic E-state index is 0.168. The van der Waals surface area contributed by atoms with Gasteiger partial charge in [-0.2, -0.15) is 11.3 Å². The van der Waals surface area contributed by atoms with Gasteiger partial charge in [-0.15, -0.1) is 0 Å². The second-order valence-corrected chi connectivity index (χ2v) is 4.05. The van der Waals surface area contributed by atoms with Gasteiger partial charge in [0.1, 0.15) is 0 Å². The van der Waals surface area contributed by atoms with E-state index >= 15 is 0 Å². The lowest BCUT2D eigenvalue weighted by Crippen LogP contribution is -2.22. The van der Waals surface area contributed by atoms with Gasteiger partial charge in [-0.05, 0) is 35.4 Å². The van der Waals surface area contributed by atoms with E-state index < -0.39 is 12.1 Å². The van der Waals surface area contributed by atoms with Crippen LogP contribution in [0.4, 0.5) is 0 Å². The standard InChI is InChI=1S/C10H15NO3S/c12-9(8-3-5-15-7-8)6-11-4-1-2-10(13)14/h3,5,7,9,11-12H,1-2,4,6H2,(H,13,14). The molecule has 1 heterocycles. The third-order valence-corrected chi connectivity index (χ3v) is 2.71. The number of carboxylic acids is 1. The van der Waals surface area contributed by atoms with Gasteiger partial charge in [-0.3, -0.25) is 4.79 Å². The third-order valence-electron chi connectivity index (χ3n) is 2.01. The maximum atomic E-state index is 10.2. The number of aliphatic hydroxyl groups excluding tert-OH is 1. The lowest BCUT2D eigenvalue weighted by molar-refractivity contribution is -0.137. The Morgan fingerprint density at radius 3 is 3.00 bits per heavy atom. The summed E-state index contributed by atoms with van der Waals surface area (Å²) in [4.78, 5) is 10.2. The van der Waals surface area contributed by atoms with E-state index in [-0.39, 0.29) is 6.42 Å². The highest BCUT2D eigenvalue weighted by Gasteiger charge is 2.06. The molecule has 84 valence electrons. The quantitative estimate of drug-likeness (QED) is 0.615. The Kier molecular flexibility index (Phi) is 5.31. The summed E-state index contributed by atoms with van der Waals surface area (Å²) in [5.41, 5.74) is 0.908. The van der Waals surface area contributed by atoms with Gasteiger partial charge in [-0.25, -0.2) is 0 Å². The number of nitrogens with one attached hydrogen (secondary N) is 1. The van der Waals surface area contributed by atoms with E-state index in [1.165, 1.54) is 0 Å². The van der Waals surface area contributed by atoms with E-state index in [1.54, 1.807) is 11.3 Å². The van der Waals surface area contributed by atoms with E-state index in [0.717, 1.165) is 5.56 Å². The van der Waals surface area contributed by atoms with Crippen LogP contribution in [0.3, 0.4) is 0 Å². The smallest absolute Gasteiger partial charge is 0.303 e. The fraction of sp³-hybridized carbons (Fsp3) is 0.500. The molecule has 0 spiro atoms. The van der Waals surface area contributed by atoms with Crippen LogP contribution >= 0.6 is 11.3 Å². The summed E-state index contributed by atoms with van der Waals surface area (Å²) in [5, 5.41) is 24.9. The molecule has 1 aromatic rings. The van der Waals surface area contributed by atoms with E-state index in [0.29, 0.717) is 19.5 Å². The predicted octanol–water partition coefficient (Wildman–Crippen LogP) is 1.24. The molecule has 1 rings (SSSR count). The van der Waals surface area contributed by atoms with Crippen LogP contribution in [-0.4, -0.2) is 29.3 Å². The average molecular weight is 229 g/mol. The first-order valence-electron chi connectivity index (χ1n) is 4.83. The summed E-state index contributed by atoms with van der Waals surface area (Å²) in [6.07, 6.45) is 0.258. The molecule has 5 heteroatoms. The monoisotopic (exact) mass is 229 g/mol. The molecule has 1 atom stereocenters. The van der Waals surface area contributed by atoms with E-state index in [4.69, 9.17) is 5.11 Å². The normalized spacial score (nSPS) is 12.6. The second-order valence-electron chi connectivity index (χ2n) is 3.27. The first-order chi connectivity index (χ1) is 7.20. The van der Waals surface area contributed by atoms with Crippen LogP contribution in [0.2, 0.25) is 0 Å². The van der Waals surface area contributed by atoms with Crippen LogP contribution in [0.25, 0.3) is 0 Å². The van der Waals surface area contributed by atoms with Crippen molar-refractivity contribution >= 4 is 17.3 Å². The Labute approximate surface area is 92.6 Å². The molecule has 3 N–H and O–H groups in total. The molecule has 1 unspecified atom stereocenters. The van der Waals surface area contributed by atoms with Crippen LogP contribution in [0.5, 0.6) is 0 Å². The number of aliphatic hydroxyl groups is 1. The van der Waals surface area contributed by atoms with Crippen molar-refractivity contribution in [2.45, 2.75) is 18.9 Å². The maximum absolute atomic E-state index is 10.2. The number of rotatable bonds is 7. The Hall–Kier alpha value is -0.910. The molecule has 4 nitrogen and oxygen atoms in total. The van der Waals surface area contributed by atoms with Crippen molar-refractivity contribution in [3.63, 3.8) is 0 Å². The largest absolute Gasteiger partial charge is 0.481 e. The minimum Gasteiger partial charge on any atom is -0.481 e. The van der Waals surface area contributed by atoms with Gasteiger partial charge in [0.2, 0.25) is 0 Å². The van der Waals surface area contributed by atoms with Gasteiger partial charge in [0.05, 0.1) is 6.10 Å². The van der Waals surface area contributed by atoms with Crippen LogP contribution in [0.15, 0.2) is 16.8 Å². The third kappa shape index (κ3) is 4.92. The van der Waals surface area contributed by atoms with E-state index in [2.05, 4.69) is 5.32 Å². The molecule has 0 aliphatic carbocycles. The molecular formula is C10H15NO3S. The number of carbonyl (C=O) groups is 1. The average Bonchev–Trinajstić information content (AvgIpc) is 2.69. The Bertz CT molecular complexity index is 287. The van der Waals surface area contributed by atoms with Gasteiger partial charge in [0.15, 0.2) is 0 Å². The molecule has 0 saturated carbocycles. The Morgan fingerprint density at radius 2 is 2.40 bits per heavy atom.